The predicted molar refractivity (Wildman–Crippen MR) is 105 cm³/mol. The molecule has 144 valence electrons. The summed E-state index contributed by atoms with van der Waals surface area (Å²) in [5.41, 5.74) is 4.35. The number of ether oxygens (including phenoxy) is 1. The quantitative estimate of drug-likeness (QED) is 0.686. The molecule has 1 N–H and O–H groups in total. The number of aliphatic carboxylic acids is 1. The van der Waals surface area contributed by atoms with Crippen molar-refractivity contribution >= 4 is 17.6 Å². The minimum atomic E-state index is -1.08. The van der Waals surface area contributed by atoms with E-state index in [0.29, 0.717) is 12.1 Å². The fourth-order valence-electron chi connectivity index (χ4n) is 3.09. The lowest BCUT2D eigenvalue weighted by molar-refractivity contribution is -0.305. The van der Waals surface area contributed by atoms with Gasteiger partial charge < -0.3 is 24.5 Å². The smallest absolute Gasteiger partial charge is 0.221 e. The highest BCUT2D eigenvalue weighted by Gasteiger charge is 2.12. The number of hydrogen-bond acceptors (Lipinski definition) is 4. The van der Waals surface area contributed by atoms with Crippen LogP contribution in [0.15, 0.2) is 60.7 Å². The first-order chi connectivity index (χ1) is 13.5. The van der Waals surface area contributed by atoms with Crippen molar-refractivity contribution in [2.45, 2.75) is 19.8 Å². The highest BCUT2D eigenvalue weighted by molar-refractivity contribution is 5.88. The summed E-state index contributed by atoms with van der Waals surface area (Å²) in [5, 5.41) is 13.7. The number of methoxy groups -OCH3 is 1. The first-order valence-corrected chi connectivity index (χ1v) is 8.91. The molecule has 3 rings (SSSR count). The van der Waals surface area contributed by atoms with Gasteiger partial charge in [-0.05, 0) is 79.1 Å². The molecular formula is C22H21N2O4-. The number of aromatic nitrogens is 1. The molecule has 0 spiro atoms. The van der Waals surface area contributed by atoms with E-state index in [1.807, 2.05) is 65.2 Å². The number of carboxylic acids is 1. The van der Waals surface area contributed by atoms with Crippen molar-refractivity contribution in [1.82, 2.24) is 4.57 Å². The van der Waals surface area contributed by atoms with Gasteiger partial charge in [0.1, 0.15) is 5.75 Å². The van der Waals surface area contributed by atoms with Crippen LogP contribution >= 0.6 is 0 Å². The molecule has 1 aromatic heterocycles. The summed E-state index contributed by atoms with van der Waals surface area (Å²) in [6, 6.07) is 19.0. The number of carboxylic acid groups (broad SMARTS) is 1. The van der Waals surface area contributed by atoms with Gasteiger partial charge in [-0.1, -0.05) is 0 Å². The minimum absolute atomic E-state index is 0.0595. The van der Waals surface area contributed by atoms with Crippen LogP contribution < -0.4 is 15.2 Å². The fourth-order valence-corrected chi connectivity index (χ4v) is 3.09. The number of benzene rings is 2. The summed E-state index contributed by atoms with van der Waals surface area (Å²) in [4.78, 5) is 22.2. The lowest BCUT2D eigenvalue weighted by atomic mass is 10.1. The molecule has 0 bridgehead atoms. The Balaban J connectivity index is 2.03. The first-order valence-electron chi connectivity index (χ1n) is 8.91. The van der Waals surface area contributed by atoms with E-state index in [0.717, 1.165) is 28.4 Å². The summed E-state index contributed by atoms with van der Waals surface area (Å²) in [6.45, 7) is 1.46. The lowest BCUT2D eigenvalue weighted by Gasteiger charge is -2.15. The van der Waals surface area contributed by atoms with Crippen molar-refractivity contribution < 1.29 is 19.4 Å². The maximum Gasteiger partial charge on any atom is 0.221 e. The number of hydrogen-bond donors (Lipinski definition) is 1. The SMILES string of the molecule is COc1ccc(-c2ccc(CCC(=O)[O-])n2-c2ccc(NC(C)=O)cc2)cc1. The largest absolute Gasteiger partial charge is 0.550 e. The van der Waals surface area contributed by atoms with E-state index in [1.165, 1.54) is 6.92 Å². The van der Waals surface area contributed by atoms with E-state index in [9.17, 15) is 14.7 Å². The third-order valence-electron chi connectivity index (χ3n) is 4.38. The van der Waals surface area contributed by atoms with E-state index in [-0.39, 0.29) is 12.3 Å². The monoisotopic (exact) mass is 377 g/mol. The van der Waals surface area contributed by atoms with Crippen LogP contribution in [0.2, 0.25) is 0 Å². The molecule has 6 heteroatoms. The lowest BCUT2D eigenvalue weighted by Crippen LogP contribution is -2.22. The van der Waals surface area contributed by atoms with Crippen LogP contribution in [0.1, 0.15) is 19.0 Å². The second-order valence-electron chi connectivity index (χ2n) is 6.37. The van der Waals surface area contributed by atoms with Gasteiger partial charge in [-0.2, -0.15) is 0 Å². The Kier molecular flexibility index (Phi) is 5.79. The minimum Gasteiger partial charge on any atom is -0.550 e. The normalized spacial score (nSPS) is 10.5. The van der Waals surface area contributed by atoms with Gasteiger partial charge in [0.25, 0.3) is 0 Å². The van der Waals surface area contributed by atoms with Gasteiger partial charge in [0.05, 0.1) is 12.8 Å². The molecule has 0 unspecified atom stereocenters. The zero-order chi connectivity index (χ0) is 20.1. The number of carbonyl (C=O) groups excluding carboxylic acids is 2. The number of amides is 1. The summed E-state index contributed by atoms with van der Waals surface area (Å²) >= 11 is 0. The van der Waals surface area contributed by atoms with E-state index in [2.05, 4.69) is 5.32 Å². The molecule has 0 aliphatic rings. The summed E-state index contributed by atoms with van der Waals surface area (Å²) in [5.74, 6) is -0.458. The fraction of sp³-hybridized carbons (Fsp3) is 0.182. The molecule has 1 heterocycles. The average Bonchev–Trinajstić information content (AvgIpc) is 3.10. The number of rotatable bonds is 7. The van der Waals surface area contributed by atoms with Crippen molar-refractivity contribution in [2.24, 2.45) is 0 Å². The first kappa shape index (κ1) is 19.2. The molecule has 0 saturated heterocycles. The van der Waals surface area contributed by atoms with Crippen molar-refractivity contribution in [1.29, 1.82) is 0 Å². The molecule has 0 aliphatic carbocycles. The number of nitrogens with one attached hydrogen (secondary N) is 1. The van der Waals surface area contributed by atoms with Gasteiger partial charge in [-0.3, -0.25) is 4.79 Å². The zero-order valence-electron chi connectivity index (χ0n) is 15.8. The average molecular weight is 377 g/mol. The predicted octanol–water partition coefficient (Wildman–Crippen LogP) is 2.79. The molecule has 0 radical (unpaired) electrons. The molecule has 0 aliphatic heterocycles. The van der Waals surface area contributed by atoms with E-state index in [1.54, 1.807) is 7.11 Å². The molecule has 28 heavy (non-hydrogen) atoms. The summed E-state index contributed by atoms with van der Waals surface area (Å²) in [6.07, 6.45) is 0.294. The van der Waals surface area contributed by atoms with E-state index >= 15 is 0 Å². The maximum absolute atomic E-state index is 11.2. The van der Waals surface area contributed by atoms with Gasteiger partial charge in [0.15, 0.2) is 0 Å². The van der Waals surface area contributed by atoms with Crippen molar-refractivity contribution in [3.8, 4) is 22.7 Å². The van der Waals surface area contributed by atoms with Crippen LogP contribution in [0.4, 0.5) is 5.69 Å². The van der Waals surface area contributed by atoms with Crippen LogP contribution in [0.3, 0.4) is 0 Å². The molecule has 2 aromatic carbocycles. The van der Waals surface area contributed by atoms with Gasteiger partial charge in [0.2, 0.25) is 5.91 Å². The Hall–Kier alpha value is -3.54. The Labute approximate surface area is 163 Å². The van der Waals surface area contributed by atoms with Crippen LogP contribution in [-0.4, -0.2) is 23.6 Å². The Morgan fingerprint density at radius 2 is 1.68 bits per heavy atom. The third-order valence-corrected chi connectivity index (χ3v) is 4.38. The molecule has 1 amide bonds. The summed E-state index contributed by atoms with van der Waals surface area (Å²) in [7, 11) is 1.62. The summed E-state index contributed by atoms with van der Waals surface area (Å²) < 4.78 is 7.24. The molecule has 0 saturated carbocycles. The molecule has 6 nitrogen and oxygen atoms in total. The topological polar surface area (TPSA) is 83.4 Å². The number of aryl methyl sites for hydroxylation is 1. The van der Waals surface area contributed by atoms with Crippen molar-refractivity contribution in [3.05, 3.63) is 66.4 Å². The van der Waals surface area contributed by atoms with E-state index < -0.39 is 5.97 Å². The zero-order valence-corrected chi connectivity index (χ0v) is 15.8. The molecular weight excluding hydrogens is 356 g/mol. The second-order valence-corrected chi connectivity index (χ2v) is 6.37. The standard InChI is InChI=1S/C22H22N2O4/c1-15(25)23-17-5-7-18(8-6-17)24-19(10-14-22(26)27)9-13-21(24)16-3-11-20(28-2)12-4-16/h3-9,11-13H,10,14H2,1-2H3,(H,23,25)(H,26,27)/p-1. The van der Waals surface area contributed by atoms with Gasteiger partial charge >= 0.3 is 0 Å². The molecule has 3 aromatic rings. The van der Waals surface area contributed by atoms with Crippen LogP contribution in [0, 0.1) is 0 Å². The number of anilines is 1. The Morgan fingerprint density at radius 3 is 2.25 bits per heavy atom. The highest BCUT2D eigenvalue weighted by Crippen LogP contribution is 2.29. The van der Waals surface area contributed by atoms with Crippen LogP contribution in [0.25, 0.3) is 16.9 Å². The Morgan fingerprint density at radius 1 is 1.00 bits per heavy atom. The van der Waals surface area contributed by atoms with Crippen molar-refractivity contribution in [2.75, 3.05) is 12.4 Å². The van der Waals surface area contributed by atoms with Gasteiger partial charge in [-0.15, -0.1) is 0 Å². The highest BCUT2D eigenvalue weighted by atomic mass is 16.5. The van der Waals surface area contributed by atoms with Gasteiger partial charge in [0, 0.05) is 30.0 Å². The van der Waals surface area contributed by atoms with Gasteiger partial charge in [-0.25, -0.2) is 0 Å². The maximum atomic E-state index is 11.2. The van der Waals surface area contributed by atoms with E-state index in [4.69, 9.17) is 4.74 Å². The molecule has 0 atom stereocenters. The molecule has 0 fully saturated rings. The van der Waals surface area contributed by atoms with Crippen molar-refractivity contribution in [3.63, 3.8) is 0 Å². The second kappa shape index (κ2) is 8.43. The third kappa shape index (κ3) is 4.40. The van der Waals surface area contributed by atoms with Crippen LogP contribution in [-0.2, 0) is 16.0 Å². The number of carbonyl (C=O) groups is 2. The number of nitrogens with zero attached hydrogens (tertiary/aromatic N) is 1. The van der Waals surface area contributed by atoms with Crippen LogP contribution in [0.5, 0.6) is 5.75 Å². The Bertz CT molecular complexity index is 973.